The van der Waals surface area contributed by atoms with Crippen molar-refractivity contribution in [2.75, 3.05) is 20.1 Å². The number of piperidine rings is 1. The molecule has 1 amide bonds. The van der Waals surface area contributed by atoms with Crippen LogP contribution in [0.3, 0.4) is 0 Å². The Balaban J connectivity index is 1.54. The lowest BCUT2D eigenvalue weighted by atomic mass is 9.90. The van der Waals surface area contributed by atoms with Crippen LogP contribution in [-0.2, 0) is 11.2 Å². The van der Waals surface area contributed by atoms with Gasteiger partial charge in [0.15, 0.2) is 5.78 Å². The fourth-order valence-electron chi connectivity index (χ4n) is 3.60. The summed E-state index contributed by atoms with van der Waals surface area (Å²) in [5, 5.41) is 8.48. The van der Waals surface area contributed by atoms with E-state index in [1.807, 2.05) is 36.4 Å². The SMILES string of the molecule is CN1CCC(Cc2ccc(C(=O)C=Cc3ccc(C=CC(=O)NO)cc3)cc2)CC1. The number of carbonyl (C=O) groups is 2. The number of nitrogens with zero attached hydrogens (tertiary/aromatic N) is 1. The lowest BCUT2D eigenvalue weighted by Gasteiger charge is -2.28. The lowest BCUT2D eigenvalue weighted by Crippen LogP contribution is -2.30. The molecule has 2 aromatic carbocycles. The number of hydroxylamine groups is 1. The summed E-state index contributed by atoms with van der Waals surface area (Å²) in [7, 11) is 2.18. The Labute approximate surface area is 177 Å². The van der Waals surface area contributed by atoms with Crippen molar-refractivity contribution < 1.29 is 14.8 Å². The first-order valence-electron chi connectivity index (χ1n) is 10.3. The van der Waals surface area contributed by atoms with Gasteiger partial charge in [-0.05, 0) is 74.2 Å². The van der Waals surface area contributed by atoms with Crippen LogP contribution in [0.15, 0.2) is 60.7 Å². The van der Waals surface area contributed by atoms with Gasteiger partial charge in [0.05, 0.1) is 0 Å². The summed E-state index contributed by atoms with van der Waals surface area (Å²) >= 11 is 0. The standard InChI is InChI=1S/C25H28N2O3/c1-27-16-14-22(15-17-27)18-21-6-10-23(11-7-21)24(28)12-8-19-2-4-20(5-3-19)9-13-25(29)26-30/h2-13,22,30H,14-18H2,1H3,(H,26,29). The van der Waals surface area contributed by atoms with E-state index in [0.29, 0.717) is 5.56 Å². The van der Waals surface area contributed by atoms with Crippen molar-refractivity contribution in [1.29, 1.82) is 0 Å². The Morgan fingerprint density at radius 3 is 2.10 bits per heavy atom. The Hall–Kier alpha value is -3.02. The molecule has 30 heavy (non-hydrogen) atoms. The number of likely N-dealkylation sites (tertiary alicyclic amines) is 1. The average molecular weight is 405 g/mol. The zero-order valence-corrected chi connectivity index (χ0v) is 17.3. The van der Waals surface area contributed by atoms with E-state index in [9.17, 15) is 9.59 Å². The maximum Gasteiger partial charge on any atom is 0.267 e. The number of amides is 1. The van der Waals surface area contributed by atoms with E-state index in [4.69, 9.17) is 5.21 Å². The summed E-state index contributed by atoms with van der Waals surface area (Å²) in [5.41, 5.74) is 5.24. The van der Waals surface area contributed by atoms with Gasteiger partial charge in [-0.1, -0.05) is 54.6 Å². The molecule has 2 aromatic rings. The van der Waals surface area contributed by atoms with E-state index in [1.165, 1.54) is 37.6 Å². The fraction of sp³-hybridized carbons (Fsp3) is 0.280. The molecule has 0 unspecified atom stereocenters. The molecule has 0 aromatic heterocycles. The Kier molecular flexibility index (Phi) is 7.71. The summed E-state index contributed by atoms with van der Waals surface area (Å²) in [4.78, 5) is 25.8. The number of hydrogen-bond acceptors (Lipinski definition) is 4. The third-order valence-corrected chi connectivity index (χ3v) is 5.50. The second kappa shape index (κ2) is 10.7. The minimum absolute atomic E-state index is 0.0237. The van der Waals surface area contributed by atoms with Crippen LogP contribution in [0.4, 0.5) is 0 Å². The molecule has 1 heterocycles. The first-order chi connectivity index (χ1) is 14.5. The molecule has 0 aliphatic carbocycles. The lowest BCUT2D eigenvalue weighted by molar-refractivity contribution is -0.124. The summed E-state index contributed by atoms with van der Waals surface area (Å²) in [6.07, 6.45) is 9.76. The van der Waals surface area contributed by atoms with Gasteiger partial charge in [0, 0.05) is 11.6 Å². The molecule has 5 nitrogen and oxygen atoms in total. The maximum atomic E-state index is 12.5. The summed E-state index contributed by atoms with van der Waals surface area (Å²) in [6, 6.07) is 15.4. The van der Waals surface area contributed by atoms with Crippen LogP contribution in [-0.4, -0.2) is 41.9 Å². The van der Waals surface area contributed by atoms with Gasteiger partial charge in [0.1, 0.15) is 0 Å². The zero-order valence-electron chi connectivity index (χ0n) is 17.3. The predicted octanol–water partition coefficient (Wildman–Crippen LogP) is 3.99. The van der Waals surface area contributed by atoms with Gasteiger partial charge in [-0.3, -0.25) is 14.8 Å². The number of ketones is 1. The second-order valence-corrected chi connectivity index (χ2v) is 7.82. The number of allylic oxidation sites excluding steroid dienone is 1. The average Bonchev–Trinajstić information content (AvgIpc) is 2.78. The molecular weight excluding hydrogens is 376 g/mol. The summed E-state index contributed by atoms with van der Waals surface area (Å²) in [5.74, 6) is 0.129. The molecule has 1 fully saturated rings. The molecule has 1 saturated heterocycles. The molecule has 2 N–H and O–H groups in total. The highest BCUT2D eigenvalue weighted by Gasteiger charge is 2.16. The van der Waals surface area contributed by atoms with Crippen LogP contribution in [0.2, 0.25) is 0 Å². The minimum Gasteiger partial charge on any atom is -0.306 e. The highest BCUT2D eigenvalue weighted by Crippen LogP contribution is 2.21. The number of hydrogen-bond donors (Lipinski definition) is 2. The van der Waals surface area contributed by atoms with Gasteiger partial charge < -0.3 is 4.90 Å². The van der Waals surface area contributed by atoms with Crippen molar-refractivity contribution in [3.05, 3.63) is 82.9 Å². The molecule has 0 spiro atoms. The summed E-state index contributed by atoms with van der Waals surface area (Å²) in [6.45, 7) is 2.34. The van der Waals surface area contributed by atoms with Crippen LogP contribution < -0.4 is 5.48 Å². The Morgan fingerprint density at radius 1 is 0.967 bits per heavy atom. The van der Waals surface area contributed by atoms with E-state index in [0.717, 1.165) is 23.5 Å². The van der Waals surface area contributed by atoms with Crippen LogP contribution >= 0.6 is 0 Å². The van der Waals surface area contributed by atoms with Gasteiger partial charge in [0.2, 0.25) is 0 Å². The molecule has 0 bridgehead atoms. The topological polar surface area (TPSA) is 69.6 Å². The van der Waals surface area contributed by atoms with Crippen molar-refractivity contribution in [1.82, 2.24) is 10.4 Å². The molecule has 1 aliphatic rings. The van der Waals surface area contributed by atoms with Crippen molar-refractivity contribution in [2.24, 2.45) is 5.92 Å². The minimum atomic E-state index is -0.582. The fourth-order valence-corrected chi connectivity index (χ4v) is 3.60. The highest BCUT2D eigenvalue weighted by atomic mass is 16.5. The Morgan fingerprint density at radius 2 is 1.53 bits per heavy atom. The number of nitrogens with one attached hydrogen (secondary N) is 1. The van der Waals surface area contributed by atoms with Crippen LogP contribution in [0.1, 0.15) is 39.9 Å². The molecule has 0 atom stereocenters. The van der Waals surface area contributed by atoms with E-state index in [2.05, 4.69) is 24.1 Å². The molecule has 5 heteroatoms. The van der Waals surface area contributed by atoms with E-state index in [1.54, 1.807) is 23.7 Å². The monoisotopic (exact) mass is 404 g/mol. The van der Waals surface area contributed by atoms with Crippen LogP contribution in [0.5, 0.6) is 0 Å². The highest BCUT2D eigenvalue weighted by molar-refractivity contribution is 6.06. The molecule has 1 aliphatic heterocycles. The van der Waals surface area contributed by atoms with Crippen molar-refractivity contribution in [3.63, 3.8) is 0 Å². The van der Waals surface area contributed by atoms with Gasteiger partial charge >= 0.3 is 0 Å². The first-order valence-corrected chi connectivity index (χ1v) is 10.3. The van der Waals surface area contributed by atoms with E-state index in [-0.39, 0.29) is 5.78 Å². The Bertz CT molecular complexity index is 906. The first kappa shape index (κ1) is 21.7. The molecular formula is C25H28N2O3. The molecule has 0 radical (unpaired) electrons. The second-order valence-electron chi connectivity index (χ2n) is 7.82. The van der Waals surface area contributed by atoms with Crippen LogP contribution in [0.25, 0.3) is 12.2 Å². The largest absolute Gasteiger partial charge is 0.306 e. The number of rotatable bonds is 7. The normalized spacial score (nSPS) is 15.7. The number of carbonyl (C=O) groups excluding carboxylic acids is 2. The van der Waals surface area contributed by atoms with Gasteiger partial charge in [-0.25, -0.2) is 5.48 Å². The third kappa shape index (κ3) is 6.51. The van der Waals surface area contributed by atoms with Gasteiger partial charge in [-0.2, -0.15) is 0 Å². The van der Waals surface area contributed by atoms with Crippen molar-refractivity contribution in [3.8, 4) is 0 Å². The van der Waals surface area contributed by atoms with Crippen LogP contribution in [0, 0.1) is 5.92 Å². The molecule has 0 saturated carbocycles. The van der Waals surface area contributed by atoms with E-state index >= 15 is 0 Å². The van der Waals surface area contributed by atoms with Crippen molar-refractivity contribution in [2.45, 2.75) is 19.3 Å². The molecule has 156 valence electrons. The summed E-state index contributed by atoms with van der Waals surface area (Å²) < 4.78 is 0. The quantitative estimate of drug-likeness (QED) is 0.317. The van der Waals surface area contributed by atoms with E-state index < -0.39 is 5.91 Å². The smallest absolute Gasteiger partial charge is 0.267 e. The number of benzene rings is 2. The van der Waals surface area contributed by atoms with Crippen molar-refractivity contribution >= 4 is 23.8 Å². The zero-order chi connectivity index (χ0) is 21.3. The van der Waals surface area contributed by atoms with Gasteiger partial charge in [0.25, 0.3) is 5.91 Å². The molecule has 3 rings (SSSR count). The van der Waals surface area contributed by atoms with Gasteiger partial charge in [-0.15, -0.1) is 0 Å². The predicted molar refractivity (Wildman–Crippen MR) is 119 cm³/mol. The maximum absolute atomic E-state index is 12.5. The third-order valence-electron chi connectivity index (χ3n) is 5.50.